The fourth-order valence-electron chi connectivity index (χ4n) is 1.70. The lowest BCUT2D eigenvalue weighted by Gasteiger charge is -2.03. The van der Waals surface area contributed by atoms with Crippen molar-refractivity contribution in [3.63, 3.8) is 0 Å². The van der Waals surface area contributed by atoms with Gasteiger partial charge in [0, 0.05) is 11.7 Å². The van der Waals surface area contributed by atoms with Crippen molar-refractivity contribution in [2.24, 2.45) is 0 Å². The highest BCUT2D eigenvalue weighted by Crippen LogP contribution is 2.28. The Morgan fingerprint density at radius 3 is 2.65 bits per heavy atom. The molecule has 0 spiro atoms. The van der Waals surface area contributed by atoms with Gasteiger partial charge in [-0.25, -0.2) is 4.79 Å². The van der Waals surface area contributed by atoms with E-state index >= 15 is 0 Å². The number of hydrogen-bond acceptors (Lipinski definition) is 4. The van der Waals surface area contributed by atoms with Crippen LogP contribution in [0.5, 0.6) is 5.75 Å². The molecule has 1 aromatic heterocycles. The van der Waals surface area contributed by atoms with E-state index in [-0.39, 0.29) is 5.56 Å². The van der Waals surface area contributed by atoms with Crippen LogP contribution in [0.4, 0.5) is 0 Å². The zero-order chi connectivity index (χ0) is 12.4. The molecular weight excluding hydrogens is 222 g/mol. The Labute approximate surface area is 97.3 Å². The van der Waals surface area contributed by atoms with Gasteiger partial charge in [0.1, 0.15) is 5.75 Å². The van der Waals surface area contributed by atoms with Crippen LogP contribution in [0.2, 0.25) is 0 Å². The number of rotatable bonds is 3. The molecule has 0 aliphatic carbocycles. The molecule has 0 aliphatic heterocycles. The Morgan fingerprint density at radius 1 is 1.24 bits per heavy atom. The van der Waals surface area contributed by atoms with Crippen LogP contribution in [0.15, 0.2) is 24.4 Å². The zero-order valence-electron chi connectivity index (χ0n) is 9.44. The van der Waals surface area contributed by atoms with Gasteiger partial charge in [-0.3, -0.25) is 4.79 Å². The summed E-state index contributed by atoms with van der Waals surface area (Å²) in [6.07, 6.45) is 1.48. The fraction of sp³-hybridized carbons (Fsp3) is 0.167. The lowest BCUT2D eigenvalue weighted by atomic mass is 10.1. The largest absolute Gasteiger partial charge is 0.496 e. The molecule has 0 unspecified atom stereocenters. The van der Waals surface area contributed by atoms with E-state index < -0.39 is 11.8 Å². The molecule has 0 saturated carbocycles. The summed E-state index contributed by atoms with van der Waals surface area (Å²) in [5, 5.41) is 0.588. The summed E-state index contributed by atoms with van der Waals surface area (Å²) in [5.41, 5.74) is 0.987. The molecule has 1 aromatic carbocycles. The number of aromatic nitrogens is 1. The Bertz CT molecular complexity index is 585. The molecule has 17 heavy (non-hydrogen) atoms. The Hall–Kier alpha value is -2.30. The summed E-state index contributed by atoms with van der Waals surface area (Å²) >= 11 is 0. The van der Waals surface area contributed by atoms with Gasteiger partial charge in [-0.1, -0.05) is 6.07 Å². The Morgan fingerprint density at radius 2 is 2.00 bits per heavy atom. The van der Waals surface area contributed by atoms with Gasteiger partial charge in [-0.2, -0.15) is 0 Å². The molecule has 1 heterocycles. The summed E-state index contributed by atoms with van der Waals surface area (Å²) in [6.45, 7) is 0. The number of carbonyl (C=O) groups excluding carboxylic acids is 2. The molecule has 0 radical (unpaired) electrons. The number of H-pyrrole nitrogens is 1. The fourth-order valence-corrected chi connectivity index (χ4v) is 1.70. The predicted molar refractivity (Wildman–Crippen MR) is 61.2 cm³/mol. The molecule has 0 amide bonds. The van der Waals surface area contributed by atoms with Gasteiger partial charge >= 0.3 is 5.97 Å². The molecule has 2 aromatic rings. The van der Waals surface area contributed by atoms with Gasteiger partial charge in [-0.05, 0) is 12.1 Å². The van der Waals surface area contributed by atoms with Crippen LogP contribution in [-0.4, -0.2) is 31.0 Å². The van der Waals surface area contributed by atoms with E-state index in [9.17, 15) is 9.59 Å². The van der Waals surface area contributed by atoms with Gasteiger partial charge in [0.25, 0.3) is 5.78 Å². The number of aromatic amines is 1. The number of fused-ring (bicyclic) bond motifs is 1. The quantitative estimate of drug-likeness (QED) is 0.496. The molecule has 5 nitrogen and oxygen atoms in total. The zero-order valence-corrected chi connectivity index (χ0v) is 9.44. The number of carbonyl (C=O) groups is 2. The second-order valence-electron chi connectivity index (χ2n) is 3.41. The van der Waals surface area contributed by atoms with E-state index in [1.54, 1.807) is 18.2 Å². The first kappa shape index (κ1) is 11.2. The van der Waals surface area contributed by atoms with Crippen molar-refractivity contribution in [3.8, 4) is 5.75 Å². The molecule has 0 fully saturated rings. The van der Waals surface area contributed by atoms with Gasteiger partial charge < -0.3 is 14.5 Å². The minimum absolute atomic E-state index is 0.254. The first-order valence-corrected chi connectivity index (χ1v) is 4.95. The maximum Gasteiger partial charge on any atom is 0.379 e. The van der Waals surface area contributed by atoms with E-state index in [0.717, 1.165) is 5.52 Å². The second-order valence-corrected chi connectivity index (χ2v) is 3.41. The molecule has 88 valence electrons. The van der Waals surface area contributed by atoms with Crippen LogP contribution in [0.1, 0.15) is 10.4 Å². The monoisotopic (exact) mass is 233 g/mol. The lowest BCUT2D eigenvalue weighted by Crippen LogP contribution is -2.15. The van der Waals surface area contributed by atoms with Crippen molar-refractivity contribution in [1.29, 1.82) is 0 Å². The number of hydrogen-bond donors (Lipinski definition) is 1. The average molecular weight is 233 g/mol. The smallest absolute Gasteiger partial charge is 0.379 e. The van der Waals surface area contributed by atoms with Crippen molar-refractivity contribution in [1.82, 2.24) is 4.98 Å². The highest BCUT2D eigenvalue weighted by Gasteiger charge is 2.22. The molecule has 0 atom stereocenters. The third kappa shape index (κ3) is 1.75. The van der Waals surface area contributed by atoms with Gasteiger partial charge in [0.05, 0.1) is 25.2 Å². The number of esters is 1. The van der Waals surface area contributed by atoms with Crippen LogP contribution in [-0.2, 0) is 9.53 Å². The van der Waals surface area contributed by atoms with E-state index in [1.807, 2.05) is 0 Å². The molecule has 1 N–H and O–H groups in total. The lowest BCUT2D eigenvalue weighted by molar-refractivity contribution is -0.135. The standard InChI is InChI=1S/C12H11NO4/c1-16-9-5-3-4-8-10(9)7(6-13-8)11(14)12(15)17-2/h3-6,13H,1-2H3. The summed E-state index contributed by atoms with van der Waals surface area (Å²) in [7, 11) is 2.68. The van der Waals surface area contributed by atoms with E-state index in [1.165, 1.54) is 20.4 Å². The molecule has 0 bridgehead atoms. The molecule has 5 heteroatoms. The number of benzene rings is 1. The number of ketones is 1. The van der Waals surface area contributed by atoms with E-state index in [2.05, 4.69) is 9.72 Å². The van der Waals surface area contributed by atoms with Crippen LogP contribution in [0.3, 0.4) is 0 Å². The Kier molecular flexibility index (Phi) is 2.82. The summed E-state index contributed by atoms with van der Waals surface area (Å²) < 4.78 is 9.58. The highest BCUT2D eigenvalue weighted by molar-refractivity contribution is 6.43. The molecule has 2 rings (SSSR count). The van der Waals surface area contributed by atoms with Gasteiger partial charge in [0.15, 0.2) is 0 Å². The van der Waals surface area contributed by atoms with Crippen molar-refractivity contribution < 1.29 is 19.1 Å². The third-order valence-electron chi connectivity index (χ3n) is 2.50. The van der Waals surface area contributed by atoms with E-state index in [4.69, 9.17) is 4.74 Å². The molecule has 0 saturated heterocycles. The topological polar surface area (TPSA) is 68.4 Å². The van der Waals surface area contributed by atoms with Crippen molar-refractivity contribution in [3.05, 3.63) is 30.0 Å². The summed E-state index contributed by atoms with van der Waals surface area (Å²) in [6, 6.07) is 5.32. The second kappa shape index (κ2) is 4.29. The van der Waals surface area contributed by atoms with Crippen molar-refractivity contribution in [2.75, 3.05) is 14.2 Å². The summed E-state index contributed by atoms with van der Waals surface area (Å²) in [5.74, 6) is -1.05. The van der Waals surface area contributed by atoms with Crippen LogP contribution in [0, 0.1) is 0 Å². The van der Waals surface area contributed by atoms with Crippen molar-refractivity contribution in [2.45, 2.75) is 0 Å². The highest BCUT2D eigenvalue weighted by atomic mass is 16.5. The third-order valence-corrected chi connectivity index (χ3v) is 2.50. The van der Waals surface area contributed by atoms with Crippen molar-refractivity contribution >= 4 is 22.7 Å². The summed E-state index contributed by atoms with van der Waals surface area (Å²) in [4.78, 5) is 25.9. The number of methoxy groups -OCH3 is 2. The predicted octanol–water partition coefficient (Wildman–Crippen LogP) is 1.53. The number of nitrogens with one attached hydrogen (secondary N) is 1. The number of ether oxygens (including phenoxy) is 2. The van der Waals surface area contributed by atoms with Crippen LogP contribution >= 0.6 is 0 Å². The number of Topliss-reactive ketones (excluding diaryl/α,β-unsaturated/α-hetero) is 1. The minimum Gasteiger partial charge on any atom is -0.496 e. The van der Waals surface area contributed by atoms with E-state index in [0.29, 0.717) is 11.1 Å². The van der Waals surface area contributed by atoms with Gasteiger partial charge in [0.2, 0.25) is 0 Å². The average Bonchev–Trinajstić information content (AvgIpc) is 2.80. The minimum atomic E-state index is -0.892. The first-order chi connectivity index (χ1) is 8.19. The van der Waals surface area contributed by atoms with Crippen LogP contribution in [0.25, 0.3) is 10.9 Å². The van der Waals surface area contributed by atoms with Gasteiger partial charge in [-0.15, -0.1) is 0 Å². The normalized spacial score (nSPS) is 10.2. The van der Waals surface area contributed by atoms with Crippen LogP contribution < -0.4 is 4.74 Å². The maximum absolute atomic E-state index is 11.8. The Balaban J connectivity index is 2.63. The molecule has 0 aliphatic rings. The maximum atomic E-state index is 11.8. The first-order valence-electron chi connectivity index (χ1n) is 4.95. The molecular formula is C12H11NO4. The SMILES string of the molecule is COC(=O)C(=O)c1c[nH]c2cccc(OC)c12.